The molecule has 6 heteroatoms. The molecule has 0 spiro atoms. The van der Waals surface area contributed by atoms with Gasteiger partial charge in [-0.2, -0.15) is 0 Å². The molecule has 1 unspecified atom stereocenters. The smallest absolute Gasteiger partial charge is 0.328 e. The molecule has 1 aromatic carbocycles. The number of nitrogens with one attached hydrogen (secondary N) is 1. The van der Waals surface area contributed by atoms with E-state index in [1.54, 1.807) is 0 Å². The number of halogens is 1. The van der Waals surface area contributed by atoms with Crippen LogP contribution in [0.3, 0.4) is 0 Å². The Hall–Kier alpha value is -1.95. The fraction of sp³-hybridized carbons (Fsp3) is 0.273. The molecule has 1 amide bonds. The number of carboxylic acids is 1. The minimum Gasteiger partial charge on any atom is -0.480 e. The molecule has 0 saturated heterocycles. The number of carbonyl (C=O) groups is 2. The summed E-state index contributed by atoms with van der Waals surface area (Å²) in [7, 11) is 0. The maximum atomic E-state index is 13.0. The summed E-state index contributed by atoms with van der Waals surface area (Å²) in [5.74, 6) is -2.45. The molecule has 0 saturated carbocycles. The van der Waals surface area contributed by atoms with Crippen LogP contribution in [0.15, 0.2) is 24.3 Å². The minimum atomic E-state index is -1.56. The quantitative estimate of drug-likeness (QED) is 0.685. The van der Waals surface area contributed by atoms with E-state index in [1.807, 2.05) is 0 Å². The van der Waals surface area contributed by atoms with E-state index in [9.17, 15) is 14.0 Å². The van der Waals surface area contributed by atoms with E-state index in [-0.39, 0.29) is 12.1 Å². The zero-order valence-electron chi connectivity index (χ0n) is 9.24. The van der Waals surface area contributed by atoms with Gasteiger partial charge in [0.25, 0.3) is 0 Å². The van der Waals surface area contributed by atoms with Crippen molar-refractivity contribution in [1.82, 2.24) is 5.32 Å². The highest BCUT2D eigenvalue weighted by Gasteiger charge is 2.35. The van der Waals surface area contributed by atoms with Gasteiger partial charge in [-0.25, -0.2) is 9.18 Å². The highest BCUT2D eigenvalue weighted by atomic mass is 19.1. The van der Waals surface area contributed by atoms with Crippen molar-refractivity contribution in [3.8, 4) is 0 Å². The zero-order valence-corrected chi connectivity index (χ0v) is 9.24. The first-order chi connectivity index (χ1) is 7.86. The number of carbonyl (C=O) groups excluding carboxylic acids is 1. The Labute approximate surface area is 97.4 Å². The molecular weight excluding hydrogens is 227 g/mol. The Morgan fingerprint density at radius 2 is 2.18 bits per heavy atom. The third kappa shape index (κ3) is 3.01. The second kappa shape index (κ2) is 4.92. The standard InChI is InChI=1S/C11H13FN2O3/c1-11(10(16)17,14-6-9(13)15)7-3-2-4-8(12)5-7/h2-5,14H,6H2,1H3,(H2,13,15)(H,16,17). The van der Waals surface area contributed by atoms with Gasteiger partial charge in [-0.3, -0.25) is 10.1 Å². The second-order valence-electron chi connectivity index (χ2n) is 3.76. The molecular formula is C11H13FN2O3. The number of hydrogen-bond donors (Lipinski definition) is 3. The Morgan fingerprint density at radius 1 is 1.53 bits per heavy atom. The van der Waals surface area contributed by atoms with Crippen LogP contribution >= 0.6 is 0 Å². The third-order valence-electron chi connectivity index (χ3n) is 2.45. The van der Waals surface area contributed by atoms with Gasteiger partial charge in [0, 0.05) is 0 Å². The Balaban J connectivity index is 3.07. The predicted octanol–water partition coefficient (Wildman–Crippen LogP) is 0.200. The Morgan fingerprint density at radius 3 is 2.65 bits per heavy atom. The van der Waals surface area contributed by atoms with Gasteiger partial charge in [0.1, 0.15) is 11.4 Å². The van der Waals surface area contributed by atoms with E-state index < -0.39 is 23.2 Å². The lowest BCUT2D eigenvalue weighted by Crippen LogP contribution is -2.49. The molecule has 17 heavy (non-hydrogen) atoms. The summed E-state index contributed by atoms with van der Waals surface area (Å²) >= 11 is 0. The number of aliphatic carboxylic acids is 1. The highest BCUT2D eigenvalue weighted by Crippen LogP contribution is 2.21. The molecule has 0 aliphatic carbocycles. The lowest BCUT2D eigenvalue weighted by Gasteiger charge is -2.26. The van der Waals surface area contributed by atoms with E-state index >= 15 is 0 Å². The zero-order chi connectivity index (χ0) is 13.1. The first kappa shape index (κ1) is 13.1. The predicted molar refractivity (Wildman–Crippen MR) is 58.6 cm³/mol. The normalized spacial score (nSPS) is 14.0. The molecule has 4 N–H and O–H groups in total. The molecule has 0 fully saturated rings. The van der Waals surface area contributed by atoms with Crippen molar-refractivity contribution in [1.29, 1.82) is 0 Å². The van der Waals surface area contributed by atoms with Crippen LogP contribution in [0.5, 0.6) is 0 Å². The highest BCUT2D eigenvalue weighted by molar-refractivity contribution is 5.82. The van der Waals surface area contributed by atoms with Gasteiger partial charge in [-0.05, 0) is 24.6 Å². The van der Waals surface area contributed by atoms with Crippen molar-refractivity contribution >= 4 is 11.9 Å². The maximum absolute atomic E-state index is 13.0. The van der Waals surface area contributed by atoms with Gasteiger partial charge in [0.2, 0.25) is 5.91 Å². The summed E-state index contributed by atoms with van der Waals surface area (Å²) in [5.41, 5.74) is 3.60. The molecule has 0 aliphatic heterocycles. The summed E-state index contributed by atoms with van der Waals surface area (Å²) in [6, 6.07) is 5.17. The average Bonchev–Trinajstić information content (AvgIpc) is 2.25. The second-order valence-corrected chi connectivity index (χ2v) is 3.76. The van der Waals surface area contributed by atoms with Crippen LogP contribution in [0.1, 0.15) is 12.5 Å². The molecule has 1 aromatic rings. The Kier molecular flexibility index (Phi) is 3.80. The molecule has 0 aliphatic rings. The molecule has 1 rings (SSSR count). The summed E-state index contributed by atoms with van der Waals surface area (Å²) in [4.78, 5) is 21.9. The van der Waals surface area contributed by atoms with Gasteiger partial charge in [0.15, 0.2) is 0 Å². The number of carboxylic acid groups (broad SMARTS) is 1. The fourth-order valence-corrected chi connectivity index (χ4v) is 1.36. The topological polar surface area (TPSA) is 92.4 Å². The number of rotatable bonds is 5. The van der Waals surface area contributed by atoms with Crippen LogP contribution in [-0.4, -0.2) is 23.5 Å². The molecule has 1 atom stereocenters. The van der Waals surface area contributed by atoms with Gasteiger partial charge in [-0.1, -0.05) is 12.1 Å². The minimum absolute atomic E-state index is 0.214. The molecule has 0 aromatic heterocycles. The van der Waals surface area contributed by atoms with Crippen LogP contribution in [0, 0.1) is 5.82 Å². The van der Waals surface area contributed by atoms with E-state index in [0.29, 0.717) is 0 Å². The van der Waals surface area contributed by atoms with Crippen molar-refractivity contribution in [2.24, 2.45) is 5.73 Å². The van der Waals surface area contributed by atoms with Crippen LogP contribution in [0.4, 0.5) is 4.39 Å². The van der Waals surface area contributed by atoms with Gasteiger partial charge < -0.3 is 10.8 Å². The van der Waals surface area contributed by atoms with Crippen LogP contribution in [0.2, 0.25) is 0 Å². The van der Waals surface area contributed by atoms with Crippen molar-refractivity contribution in [2.75, 3.05) is 6.54 Å². The third-order valence-corrected chi connectivity index (χ3v) is 2.45. The van der Waals surface area contributed by atoms with E-state index in [0.717, 1.165) is 6.07 Å². The van der Waals surface area contributed by atoms with E-state index in [2.05, 4.69) is 5.32 Å². The van der Waals surface area contributed by atoms with Gasteiger partial charge in [0.05, 0.1) is 6.54 Å². The van der Waals surface area contributed by atoms with Crippen molar-refractivity contribution in [2.45, 2.75) is 12.5 Å². The maximum Gasteiger partial charge on any atom is 0.328 e. The SMILES string of the molecule is CC(NCC(N)=O)(C(=O)O)c1cccc(F)c1. The monoisotopic (exact) mass is 240 g/mol. The lowest BCUT2D eigenvalue weighted by molar-refractivity contribution is -0.144. The van der Waals surface area contributed by atoms with Crippen molar-refractivity contribution in [3.05, 3.63) is 35.6 Å². The number of primary amides is 1. The largest absolute Gasteiger partial charge is 0.480 e. The fourth-order valence-electron chi connectivity index (χ4n) is 1.36. The van der Waals surface area contributed by atoms with E-state index in [1.165, 1.54) is 25.1 Å². The number of benzene rings is 1. The van der Waals surface area contributed by atoms with Crippen LogP contribution in [-0.2, 0) is 15.1 Å². The van der Waals surface area contributed by atoms with Crippen LogP contribution < -0.4 is 11.1 Å². The molecule has 0 radical (unpaired) electrons. The van der Waals surface area contributed by atoms with Gasteiger partial charge in [-0.15, -0.1) is 0 Å². The first-order valence-corrected chi connectivity index (χ1v) is 4.89. The average molecular weight is 240 g/mol. The first-order valence-electron chi connectivity index (χ1n) is 4.89. The number of hydrogen-bond acceptors (Lipinski definition) is 3. The molecule has 0 bridgehead atoms. The van der Waals surface area contributed by atoms with Crippen LogP contribution in [0.25, 0.3) is 0 Å². The summed E-state index contributed by atoms with van der Waals surface area (Å²) in [5, 5.41) is 11.7. The summed E-state index contributed by atoms with van der Waals surface area (Å²) in [6.45, 7) is 1.03. The summed E-state index contributed by atoms with van der Waals surface area (Å²) < 4.78 is 13.0. The number of amides is 1. The van der Waals surface area contributed by atoms with Crippen molar-refractivity contribution in [3.63, 3.8) is 0 Å². The van der Waals surface area contributed by atoms with E-state index in [4.69, 9.17) is 10.8 Å². The van der Waals surface area contributed by atoms with Crippen molar-refractivity contribution < 1.29 is 19.1 Å². The molecule has 92 valence electrons. The Bertz CT molecular complexity index is 450. The van der Waals surface area contributed by atoms with Gasteiger partial charge >= 0.3 is 5.97 Å². The molecule has 5 nitrogen and oxygen atoms in total. The number of nitrogens with two attached hydrogens (primary N) is 1. The molecule has 0 heterocycles. The lowest BCUT2D eigenvalue weighted by atomic mass is 9.92. The summed E-state index contributed by atoms with van der Waals surface area (Å²) in [6.07, 6.45) is 0.